The van der Waals surface area contributed by atoms with Crippen LogP contribution < -0.4 is 20.1 Å². The first kappa shape index (κ1) is 24.3. The number of aromatic nitrogens is 1. The average Bonchev–Trinajstić information content (AvgIpc) is 2.83. The first-order valence-corrected chi connectivity index (χ1v) is 11.6. The summed E-state index contributed by atoms with van der Waals surface area (Å²) in [6.07, 6.45) is 1.55. The molecular formula is C27H29FN4O3. The molecule has 0 saturated carbocycles. The molecule has 1 fully saturated rings. The van der Waals surface area contributed by atoms with Gasteiger partial charge in [0.15, 0.2) is 11.5 Å². The Bertz CT molecular complexity index is 1260. The number of anilines is 1. The number of nitriles is 1. The predicted octanol–water partition coefficient (Wildman–Crippen LogP) is 4.86. The number of methoxy groups -OCH3 is 1. The fraction of sp³-hybridized carbons (Fsp3) is 0.333. The van der Waals surface area contributed by atoms with Crippen LogP contribution in [0.3, 0.4) is 0 Å². The summed E-state index contributed by atoms with van der Waals surface area (Å²) in [5.41, 5.74) is 8.29. The molecule has 4 rings (SSSR count). The van der Waals surface area contributed by atoms with Crippen LogP contribution in [0.25, 0.3) is 22.4 Å². The van der Waals surface area contributed by atoms with Gasteiger partial charge in [0.1, 0.15) is 23.5 Å². The van der Waals surface area contributed by atoms with Gasteiger partial charge < -0.3 is 25.2 Å². The molecule has 0 spiro atoms. The Morgan fingerprint density at radius 2 is 1.83 bits per heavy atom. The zero-order valence-corrected chi connectivity index (χ0v) is 20.1. The molecule has 3 N–H and O–H groups in total. The lowest BCUT2D eigenvalue weighted by Gasteiger charge is -2.32. The van der Waals surface area contributed by atoms with Gasteiger partial charge in [-0.1, -0.05) is 12.1 Å². The molecule has 0 amide bonds. The molecule has 1 aliphatic heterocycles. The second-order valence-electron chi connectivity index (χ2n) is 8.89. The predicted molar refractivity (Wildman–Crippen MR) is 133 cm³/mol. The highest BCUT2D eigenvalue weighted by Crippen LogP contribution is 2.43. The number of piperidine rings is 1. The Kier molecular flexibility index (Phi) is 7.08. The van der Waals surface area contributed by atoms with Crippen molar-refractivity contribution in [2.75, 3.05) is 25.1 Å². The van der Waals surface area contributed by atoms with Gasteiger partial charge in [-0.3, -0.25) is 0 Å². The minimum atomic E-state index is -0.629. The van der Waals surface area contributed by atoms with Crippen molar-refractivity contribution in [3.05, 3.63) is 53.8 Å². The second-order valence-corrected chi connectivity index (χ2v) is 8.89. The molecule has 1 aliphatic rings. The van der Waals surface area contributed by atoms with Crippen molar-refractivity contribution in [2.45, 2.75) is 38.8 Å². The van der Waals surface area contributed by atoms with Gasteiger partial charge in [-0.05, 0) is 56.5 Å². The van der Waals surface area contributed by atoms with Crippen LogP contribution in [0, 0.1) is 17.1 Å². The third-order valence-electron chi connectivity index (χ3n) is 6.03. The third kappa shape index (κ3) is 5.15. The summed E-state index contributed by atoms with van der Waals surface area (Å²) in [6, 6.07) is 13.4. The van der Waals surface area contributed by atoms with E-state index in [9.17, 15) is 14.8 Å². The van der Waals surface area contributed by atoms with E-state index in [0.717, 1.165) is 25.9 Å². The van der Waals surface area contributed by atoms with E-state index in [1.54, 1.807) is 24.3 Å². The fourth-order valence-corrected chi connectivity index (χ4v) is 4.23. The molecule has 0 unspecified atom stereocenters. The summed E-state index contributed by atoms with van der Waals surface area (Å²) >= 11 is 0. The molecule has 0 aliphatic carbocycles. The van der Waals surface area contributed by atoms with Gasteiger partial charge in [0.25, 0.3) is 0 Å². The van der Waals surface area contributed by atoms with Crippen molar-refractivity contribution in [3.63, 3.8) is 0 Å². The van der Waals surface area contributed by atoms with Crippen molar-refractivity contribution in [3.8, 4) is 45.7 Å². The first-order chi connectivity index (χ1) is 16.8. The normalized spacial score (nSPS) is 14.1. The average molecular weight is 477 g/mol. The van der Waals surface area contributed by atoms with Crippen LogP contribution in [0.15, 0.2) is 42.5 Å². The number of nitrogens with two attached hydrogens (primary N) is 1. The maximum atomic E-state index is 14.7. The van der Waals surface area contributed by atoms with E-state index in [0.29, 0.717) is 39.7 Å². The monoisotopic (exact) mass is 476 g/mol. The SMILES string of the molecule is COc1ccc(-c2c(OC(C)C)cc(N3CCC(N)CC3)nc2-c2ccc(C#N)c(F)c2)cc1O. The molecule has 1 aromatic heterocycles. The smallest absolute Gasteiger partial charge is 0.160 e. The van der Waals surface area contributed by atoms with Crippen LogP contribution in [0.5, 0.6) is 17.2 Å². The number of phenolic OH excluding ortho intramolecular Hbond substituents is 1. The highest BCUT2D eigenvalue weighted by Gasteiger charge is 2.24. The topological polar surface area (TPSA) is 105 Å². The van der Waals surface area contributed by atoms with Crippen molar-refractivity contribution in [1.29, 1.82) is 5.26 Å². The van der Waals surface area contributed by atoms with Crippen molar-refractivity contribution < 1.29 is 19.0 Å². The van der Waals surface area contributed by atoms with Crippen LogP contribution in [-0.4, -0.2) is 42.4 Å². The molecule has 35 heavy (non-hydrogen) atoms. The van der Waals surface area contributed by atoms with Gasteiger partial charge in [-0.25, -0.2) is 9.37 Å². The molecule has 0 radical (unpaired) electrons. The number of ether oxygens (including phenoxy) is 2. The van der Waals surface area contributed by atoms with E-state index in [1.807, 2.05) is 26.0 Å². The molecule has 3 aromatic rings. The quantitative estimate of drug-likeness (QED) is 0.524. The van der Waals surface area contributed by atoms with Crippen LogP contribution in [0.1, 0.15) is 32.3 Å². The summed E-state index contributed by atoms with van der Waals surface area (Å²) in [6.45, 7) is 5.35. The third-order valence-corrected chi connectivity index (χ3v) is 6.03. The number of nitrogens with zero attached hydrogens (tertiary/aromatic N) is 3. The van der Waals surface area contributed by atoms with E-state index < -0.39 is 5.82 Å². The minimum Gasteiger partial charge on any atom is -0.504 e. The summed E-state index contributed by atoms with van der Waals surface area (Å²) in [7, 11) is 1.48. The number of aromatic hydroxyl groups is 1. The highest BCUT2D eigenvalue weighted by molar-refractivity contribution is 5.87. The van der Waals surface area contributed by atoms with Gasteiger partial charge in [0.05, 0.1) is 30.0 Å². The van der Waals surface area contributed by atoms with E-state index in [2.05, 4.69) is 4.90 Å². The number of hydrogen-bond acceptors (Lipinski definition) is 7. The van der Waals surface area contributed by atoms with Crippen LogP contribution in [0.4, 0.5) is 10.2 Å². The summed E-state index contributed by atoms with van der Waals surface area (Å²) in [4.78, 5) is 7.10. The maximum absolute atomic E-state index is 14.7. The summed E-state index contributed by atoms with van der Waals surface area (Å²) < 4.78 is 26.1. The molecule has 0 atom stereocenters. The van der Waals surface area contributed by atoms with E-state index in [1.165, 1.54) is 19.2 Å². The number of benzene rings is 2. The van der Waals surface area contributed by atoms with Gasteiger partial charge in [-0.15, -0.1) is 0 Å². The van der Waals surface area contributed by atoms with Crippen molar-refractivity contribution in [2.24, 2.45) is 5.73 Å². The summed E-state index contributed by atoms with van der Waals surface area (Å²) in [5, 5.41) is 19.7. The van der Waals surface area contributed by atoms with Gasteiger partial charge in [0, 0.05) is 30.8 Å². The second kappa shape index (κ2) is 10.2. The molecule has 2 heterocycles. The molecule has 2 aromatic carbocycles. The van der Waals surface area contributed by atoms with E-state index in [4.69, 9.17) is 20.2 Å². The highest BCUT2D eigenvalue weighted by atomic mass is 19.1. The minimum absolute atomic E-state index is 0.0356. The molecular weight excluding hydrogens is 447 g/mol. The Labute approximate surface area is 204 Å². The Hall–Kier alpha value is -3.83. The zero-order valence-electron chi connectivity index (χ0n) is 20.1. The van der Waals surface area contributed by atoms with Crippen molar-refractivity contribution in [1.82, 2.24) is 4.98 Å². The largest absolute Gasteiger partial charge is 0.504 e. The van der Waals surface area contributed by atoms with E-state index in [-0.39, 0.29) is 23.5 Å². The molecule has 8 heteroatoms. The fourth-order valence-electron chi connectivity index (χ4n) is 4.23. The maximum Gasteiger partial charge on any atom is 0.160 e. The van der Waals surface area contributed by atoms with Crippen LogP contribution in [-0.2, 0) is 0 Å². The Morgan fingerprint density at radius 1 is 1.11 bits per heavy atom. The Balaban J connectivity index is 1.97. The zero-order chi connectivity index (χ0) is 25.1. The van der Waals surface area contributed by atoms with Gasteiger partial charge >= 0.3 is 0 Å². The van der Waals surface area contributed by atoms with Crippen LogP contribution >= 0.6 is 0 Å². The standard InChI is InChI=1S/C27H29FN4O3/c1-16(2)35-24-14-25(32-10-8-20(30)9-11-32)31-27(18-4-5-19(15-29)21(28)12-18)26(24)17-6-7-23(34-3)22(33)13-17/h4-7,12-14,16,20,33H,8-11,30H2,1-3H3. The van der Waals surface area contributed by atoms with Crippen molar-refractivity contribution >= 4 is 5.82 Å². The van der Waals surface area contributed by atoms with Gasteiger partial charge in [-0.2, -0.15) is 5.26 Å². The number of phenols is 1. The molecule has 182 valence electrons. The number of pyridine rings is 1. The van der Waals surface area contributed by atoms with Gasteiger partial charge in [0.2, 0.25) is 0 Å². The van der Waals surface area contributed by atoms with E-state index >= 15 is 0 Å². The Morgan fingerprint density at radius 3 is 2.43 bits per heavy atom. The molecule has 7 nitrogen and oxygen atoms in total. The molecule has 1 saturated heterocycles. The molecule has 0 bridgehead atoms. The lowest BCUT2D eigenvalue weighted by molar-refractivity contribution is 0.243. The summed E-state index contributed by atoms with van der Waals surface area (Å²) in [5.74, 6) is 0.931. The first-order valence-electron chi connectivity index (χ1n) is 11.6. The lowest BCUT2D eigenvalue weighted by atomic mass is 9.96. The lowest BCUT2D eigenvalue weighted by Crippen LogP contribution is -2.40. The number of hydrogen-bond donors (Lipinski definition) is 2. The van der Waals surface area contributed by atoms with Crippen LogP contribution in [0.2, 0.25) is 0 Å². The number of rotatable bonds is 6. The number of halogens is 1.